The summed E-state index contributed by atoms with van der Waals surface area (Å²) in [4.78, 5) is 6.60. The van der Waals surface area contributed by atoms with Gasteiger partial charge in [-0.05, 0) is 31.3 Å². The van der Waals surface area contributed by atoms with Crippen LogP contribution >= 0.6 is 0 Å². The molecule has 0 bridgehead atoms. The molecular formula is C14H21N3O. The van der Waals surface area contributed by atoms with E-state index in [4.69, 9.17) is 4.42 Å². The molecule has 0 atom stereocenters. The average molecular weight is 247 g/mol. The first kappa shape index (κ1) is 13.1. The minimum atomic E-state index is 0.725. The molecule has 0 amide bonds. The predicted molar refractivity (Wildman–Crippen MR) is 73.6 cm³/mol. The van der Waals surface area contributed by atoms with Crippen molar-refractivity contribution in [3.63, 3.8) is 0 Å². The number of benzene rings is 1. The second kappa shape index (κ2) is 5.98. The minimum absolute atomic E-state index is 0.725. The van der Waals surface area contributed by atoms with E-state index in [0.717, 1.165) is 43.2 Å². The van der Waals surface area contributed by atoms with E-state index in [-0.39, 0.29) is 0 Å². The molecule has 98 valence electrons. The van der Waals surface area contributed by atoms with Gasteiger partial charge in [0.05, 0.1) is 0 Å². The van der Waals surface area contributed by atoms with E-state index in [1.165, 1.54) is 5.56 Å². The Labute approximate surface area is 108 Å². The number of aryl methyl sites for hydroxylation is 1. The standard InChI is InChI=1S/C14H21N3O/c1-4-15-7-8-17(3)10-12-5-6-13-14(9-12)18-11(2)16-13/h5-6,9,15H,4,7-8,10H2,1-3H3. The smallest absolute Gasteiger partial charge is 0.192 e. The van der Waals surface area contributed by atoms with Gasteiger partial charge in [0.25, 0.3) is 0 Å². The number of nitrogens with zero attached hydrogens (tertiary/aromatic N) is 2. The van der Waals surface area contributed by atoms with Crippen molar-refractivity contribution in [2.75, 3.05) is 26.7 Å². The first-order valence-electron chi connectivity index (χ1n) is 6.44. The molecule has 0 aliphatic rings. The average Bonchev–Trinajstić information content (AvgIpc) is 2.69. The highest BCUT2D eigenvalue weighted by molar-refractivity contribution is 5.73. The molecule has 0 spiro atoms. The molecule has 0 saturated heterocycles. The molecule has 2 rings (SSSR count). The Bertz CT molecular complexity index is 507. The van der Waals surface area contributed by atoms with Crippen LogP contribution in [0.1, 0.15) is 18.4 Å². The molecule has 4 nitrogen and oxygen atoms in total. The second-order valence-corrected chi connectivity index (χ2v) is 4.63. The van der Waals surface area contributed by atoms with Crippen LogP contribution in [-0.4, -0.2) is 36.6 Å². The highest BCUT2D eigenvalue weighted by atomic mass is 16.3. The quantitative estimate of drug-likeness (QED) is 0.794. The summed E-state index contributed by atoms with van der Waals surface area (Å²) in [5, 5.41) is 3.33. The third kappa shape index (κ3) is 3.31. The van der Waals surface area contributed by atoms with Crippen LogP contribution < -0.4 is 5.32 Å². The fourth-order valence-corrected chi connectivity index (χ4v) is 2.02. The van der Waals surface area contributed by atoms with Crippen molar-refractivity contribution in [1.29, 1.82) is 0 Å². The van der Waals surface area contributed by atoms with E-state index in [2.05, 4.69) is 41.3 Å². The normalized spacial score (nSPS) is 11.6. The Kier molecular flexibility index (Phi) is 4.33. The van der Waals surface area contributed by atoms with Crippen LogP contribution in [-0.2, 0) is 6.54 Å². The second-order valence-electron chi connectivity index (χ2n) is 4.63. The third-order valence-electron chi connectivity index (χ3n) is 2.93. The molecule has 1 aromatic carbocycles. The zero-order chi connectivity index (χ0) is 13.0. The molecule has 0 aliphatic carbocycles. The summed E-state index contributed by atoms with van der Waals surface area (Å²) >= 11 is 0. The van der Waals surface area contributed by atoms with Gasteiger partial charge in [0.1, 0.15) is 5.52 Å². The number of rotatable bonds is 6. The van der Waals surface area contributed by atoms with Crippen LogP contribution in [0.4, 0.5) is 0 Å². The number of nitrogens with one attached hydrogen (secondary N) is 1. The molecule has 1 heterocycles. The van der Waals surface area contributed by atoms with Crippen LogP contribution in [0, 0.1) is 6.92 Å². The topological polar surface area (TPSA) is 41.3 Å². The van der Waals surface area contributed by atoms with Crippen molar-refractivity contribution in [2.24, 2.45) is 0 Å². The van der Waals surface area contributed by atoms with Crippen LogP contribution in [0.3, 0.4) is 0 Å². The maximum atomic E-state index is 5.55. The minimum Gasteiger partial charge on any atom is -0.441 e. The monoisotopic (exact) mass is 247 g/mol. The van der Waals surface area contributed by atoms with Crippen molar-refractivity contribution in [3.05, 3.63) is 29.7 Å². The van der Waals surface area contributed by atoms with Crippen molar-refractivity contribution in [1.82, 2.24) is 15.2 Å². The van der Waals surface area contributed by atoms with Gasteiger partial charge in [-0.25, -0.2) is 4.98 Å². The summed E-state index contributed by atoms with van der Waals surface area (Å²) in [6.45, 7) is 8.03. The first-order chi connectivity index (χ1) is 8.69. The maximum absolute atomic E-state index is 5.55. The molecule has 0 radical (unpaired) electrons. The Morgan fingerprint density at radius 1 is 1.39 bits per heavy atom. The van der Waals surface area contributed by atoms with E-state index in [9.17, 15) is 0 Å². The van der Waals surface area contributed by atoms with Crippen LogP contribution in [0.2, 0.25) is 0 Å². The number of oxazole rings is 1. The van der Waals surface area contributed by atoms with Gasteiger partial charge < -0.3 is 14.6 Å². The fraction of sp³-hybridized carbons (Fsp3) is 0.500. The van der Waals surface area contributed by atoms with Gasteiger partial charge in [-0.1, -0.05) is 13.0 Å². The molecular weight excluding hydrogens is 226 g/mol. The highest BCUT2D eigenvalue weighted by Crippen LogP contribution is 2.17. The first-order valence-corrected chi connectivity index (χ1v) is 6.44. The molecule has 4 heteroatoms. The lowest BCUT2D eigenvalue weighted by Crippen LogP contribution is -2.28. The number of fused-ring (bicyclic) bond motifs is 1. The van der Waals surface area contributed by atoms with Crippen LogP contribution in [0.25, 0.3) is 11.1 Å². The number of likely N-dealkylation sites (N-methyl/N-ethyl adjacent to an activating group) is 2. The largest absolute Gasteiger partial charge is 0.441 e. The Morgan fingerprint density at radius 3 is 3.00 bits per heavy atom. The van der Waals surface area contributed by atoms with Gasteiger partial charge in [-0.2, -0.15) is 0 Å². The fourth-order valence-electron chi connectivity index (χ4n) is 2.02. The summed E-state index contributed by atoms with van der Waals surface area (Å²) in [6.07, 6.45) is 0. The lowest BCUT2D eigenvalue weighted by atomic mass is 10.2. The van der Waals surface area contributed by atoms with Gasteiger partial charge in [-0.3, -0.25) is 0 Å². The van der Waals surface area contributed by atoms with Crippen molar-refractivity contribution >= 4 is 11.1 Å². The van der Waals surface area contributed by atoms with Gasteiger partial charge in [-0.15, -0.1) is 0 Å². The zero-order valence-corrected chi connectivity index (χ0v) is 11.4. The summed E-state index contributed by atoms with van der Waals surface area (Å²) in [7, 11) is 2.13. The van der Waals surface area contributed by atoms with E-state index in [1.807, 2.05) is 13.0 Å². The molecule has 2 aromatic rings. The molecule has 1 aromatic heterocycles. The van der Waals surface area contributed by atoms with Gasteiger partial charge in [0, 0.05) is 26.6 Å². The lowest BCUT2D eigenvalue weighted by molar-refractivity contribution is 0.325. The summed E-state index contributed by atoms with van der Waals surface area (Å²) in [5.41, 5.74) is 3.08. The van der Waals surface area contributed by atoms with Gasteiger partial charge in [0.2, 0.25) is 0 Å². The molecule has 18 heavy (non-hydrogen) atoms. The number of hydrogen-bond donors (Lipinski definition) is 1. The van der Waals surface area contributed by atoms with E-state index >= 15 is 0 Å². The summed E-state index contributed by atoms with van der Waals surface area (Å²) in [5.74, 6) is 0.725. The number of hydrogen-bond acceptors (Lipinski definition) is 4. The van der Waals surface area contributed by atoms with Crippen molar-refractivity contribution < 1.29 is 4.42 Å². The van der Waals surface area contributed by atoms with Crippen molar-refractivity contribution in [3.8, 4) is 0 Å². The summed E-state index contributed by atoms with van der Waals surface area (Å²) in [6, 6.07) is 6.23. The lowest BCUT2D eigenvalue weighted by Gasteiger charge is -2.16. The predicted octanol–water partition coefficient (Wildman–Crippen LogP) is 2.18. The summed E-state index contributed by atoms with van der Waals surface area (Å²) < 4.78 is 5.55. The Balaban J connectivity index is 1.98. The van der Waals surface area contributed by atoms with Gasteiger partial charge >= 0.3 is 0 Å². The highest BCUT2D eigenvalue weighted by Gasteiger charge is 2.05. The molecule has 0 saturated carbocycles. The van der Waals surface area contributed by atoms with E-state index < -0.39 is 0 Å². The van der Waals surface area contributed by atoms with E-state index in [0.29, 0.717) is 0 Å². The van der Waals surface area contributed by atoms with Crippen LogP contribution in [0.5, 0.6) is 0 Å². The third-order valence-corrected chi connectivity index (χ3v) is 2.93. The Hall–Kier alpha value is -1.39. The SMILES string of the molecule is CCNCCN(C)Cc1ccc2nc(C)oc2c1. The number of aromatic nitrogens is 1. The maximum Gasteiger partial charge on any atom is 0.192 e. The van der Waals surface area contributed by atoms with Crippen molar-refractivity contribution in [2.45, 2.75) is 20.4 Å². The van der Waals surface area contributed by atoms with E-state index in [1.54, 1.807) is 0 Å². The molecule has 0 aliphatic heterocycles. The van der Waals surface area contributed by atoms with Crippen LogP contribution in [0.15, 0.2) is 22.6 Å². The Morgan fingerprint density at radius 2 is 2.22 bits per heavy atom. The molecule has 0 fully saturated rings. The molecule has 1 N–H and O–H groups in total. The zero-order valence-electron chi connectivity index (χ0n) is 11.4. The van der Waals surface area contributed by atoms with Gasteiger partial charge in [0.15, 0.2) is 11.5 Å². The molecule has 0 unspecified atom stereocenters.